The van der Waals surface area contributed by atoms with Gasteiger partial charge in [0.05, 0.1) is 15.5 Å². The lowest BCUT2D eigenvalue weighted by atomic mass is 9.92. The number of hydrogen-bond acceptors (Lipinski definition) is 3. The van der Waals surface area contributed by atoms with E-state index in [4.69, 9.17) is 16.0 Å². The molecule has 0 saturated carbocycles. The summed E-state index contributed by atoms with van der Waals surface area (Å²) < 4.78 is 6.19. The Morgan fingerprint density at radius 1 is 1.29 bits per heavy atom. The zero-order valence-electron chi connectivity index (χ0n) is 9.79. The van der Waals surface area contributed by atoms with Crippen LogP contribution in [-0.2, 0) is 5.41 Å². The van der Waals surface area contributed by atoms with Crippen molar-refractivity contribution in [2.75, 3.05) is 0 Å². The van der Waals surface area contributed by atoms with Crippen molar-refractivity contribution in [1.29, 1.82) is 0 Å². The SMILES string of the molecule is CC(C)(C)c1nc(-c2ccco2)nc(Cl)c1I. The Morgan fingerprint density at radius 2 is 2.00 bits per heavy atom. The Hall–Kier alpha value is -0.620. The normalized spacial score (nSPS) is 11.8. The average molecular weight is 363 g/mol. The summed E-state index contributed by atoms with van der Waals surface area (Å²) in [4.78, 5) is 8.79. The summed E-state index contributed by atoms with van der Waals surface area (Å²) in [5.41, 5.74) is 0.856. The fraction of sp³-hybridized carbons (Fsp3) is 0.333. The van der Waals surface area contributed by atoms with Gasteiger partial charge < -0.3 is 4.42 Å². The predicted octanol–water partition coefficient (Wildman–Crippen LogP) is 4.29. The number of furan rings is 1. The smallest absolute Gasteiger partial charge is 0.197 e. The summed E-state index contributed by atoms with van der Waals surface area (Å²) in [6.07, 6.45) is 1.60. The minimum Gasteiger partial charge on any atom is -0.461 e. The first-order chi connectivity index (χ1) is 7.89. The molecular weight excluding hydrogens is 351 g/mol. The Bertz CT molecular complexity index is 532. The van der Waals surface area contributed by atoms with Gasteiger partial charge in [0.1, 0.15) is 5.15 Å². The maximum Gasteiger partial charge on any atom is 0.197 e. The molecule has 0 radical (unpaired) electrons. The third-order valence-corrected chi connectivity index (χ3v) is 3.88. The first kappa shape index (κ1) is 12.8. The summed E-state index contributed by atoms with van der Waals surface area (Å²) in [5.74, 6) is 1.17. The molecule has 0 fully saturated rings. The van der Waals surface area contributed by atoms with E-state index in [1.54, 1.807) is 12.3 Å². The Balaban J connectivity index is 2.62. The second-order valence-corrected chi connectivity index (χ2v) is 6.16. The lowest BCUT2D eigenvalue weighted by Gasteiger charge is -2.20. The third kappa shape index (κ3) is 2.63. The van der Waals surface area contributed by atoms with Crippen LogP contribution in [0.3, 0.4) is 0 Å². The molecule has 0 unspecified atom stereocenters. The van der Waals surface area contributed by atoms with E-state index in [0.29, 0.717) is 16.7 Å². The molecule has 0 saturated heterocycles. The molecular formula is C12H12ClIN2O. The first-order valence-electron chi connectivity index (χ1n) is 5.17. The van der Waals surface area contributed by atoms with Gasteiger partial charge in [-0.25, -0.2) is 9.97 Å². The van der Waals surface area contributed by atoms with Crippen LogP contribution in [0.2, 0.25) is 5.15 Å². The van der Waals surface area contributed by atoms with Crippen LogP contribution >= 0.6 is 34.2 Å². The monoisotopic (exact) mass is 362 g/mol. The first-order valence-corrected chi connectivity index (χ1v) is 6.62. The molecule has 2 aromatic rings. The summed E-state index contributed by atoms with van der Waals surface area (Å²) in [7, 11) is 0. The lowest BCUT2D eigenvalue weighted by Crippen LogP contribution is -2.17. The molecule has 0 spiro atoms. The van der Waals surface area contributed by atoms with Gasteiger partial charge in [-0.3, -0.25) is 0 Å². The average Bonchev–Trinajstić information content (AvgIpc) is 2.73. The van der Waals surface area contributed by atoms with E-state index in [-0.39, 0.29) is 5.41 Å². The summed E-state index contributed by atoms with van der Waals surface area (Å²) in [5, 5.41) is 0.469. The van der Waals surface area contributed by atoms with Gasteiger partial charge in [-0.2, -0.15) is 0 Å². The molecule has 0 amide bonds. The van der Waals surface area contributed by atoms with Gasteiger partial charge in [-0.1, -0.05) is 32.4 Å². The van der Waals surface area contributed by atoms with Crippen LogP contribution in [0.15, 0.2) is 22.8 Å². The van der Waals surface area contributed by atoms with Crippen LogP contribution in [0.5, 0.6) is 0 Å². The fourth-order valence-corrected chi connectivity index (χ4v) is 2.65. The summed E-state index contributed by atoms with van der Waals surface area (Å²) in [6, 6.07) is 3.63. The van der Waals surface area contributed by atoms with Crippen molar-refractivity contribution in [2.45, 2.75) is 26.2 Å². The molecule has 0 aliphatic rings. The van der Waals surface area contributed by atoms with Crippen molar-refractivity contribution in [2.24, 2.45) is 0 Å². The van der Waals surface area contributed by atoms with E-state index in [0.717, 1.165) is 9.26 Å². The zero-order chi connectivity index (χ0) is 12.6. The van der Waals surface area contributed by atoms with Crippen LogP contribution in [0.1, 0.15) is 26.5 Å². The van der Waals surface area contributed by atoms with E-state index in [1.165, 1.54) is 0 Å². The highest BCUT2D eigenvalue weighted by Crippen LogP contribution is 2.31. The van der Waals surface area contributed by atoms with Gasteiger partial charge in [-0.05, 0) is 34.7 Å². The van der Waals surface area contributed by atoms with Gasteiger partial charge in [0.15, 0.2) is 11.6 Å². The second-order valence-electron chi connectivity index (χ2n) is 4.73. The molecule has 0 aliphatic heterocycles. The predicted molar refractivity (Wildman–Crippen MR) is 76.2 cm³/mol. The van der Waals surface area contributed by atoms with Gasteiger partial charge >= 0.3 is 0 Å². The van der Waals surface area contributed by atoms with E-state index in [9.17, 15) is 0 Å². The molecule has 0 aliphatic carbocycles. The lowest BCUT2D eigenvalue weighted by molar-refractivity contribution is 0.554. The maximum absolute atomic E-state index is 6.14. The van der Waals surface area contributed by atoms with Crippen LogP contribution in [0, 0.1) is 3.57 Å². The number of aromatic nitrogens is 2. The van der Waals surface area contributed by atoms with Crippen LogP contribution < -0.4 is 0 Å². The van der Waals surface area contributed by atoms with Crippen molar-refractivity contribution in [3.05, 3.63) is 32.8 Å². The molecule has 2 heterocycles. The van der Waals surface area contributed by atoms with Crippen LogP contribution in [-0.4, -0.2) is 9.97 Å². The molecule has 0 N–H and O–H groups in total. The van der Waals surface area contributed by atoms with Gasteiger partial charge in [0, 0.05) is 5.41 Å². The van der Waals surface area contributed by atoms with Crippen LogP contribution in [0.4, 0.5) is 0 Å². The molecule has 0 atom stereocenters. The maximum atomic E-state index is 6.14. The largest absolute Gasteiger partial charge is 0.461 e. The van der Waals surface area contributed by atoms with E-state index >= 15 is 0 Å². The number of hydrogen-bond donors (Lipinski definition) is 0. The van der Waals surface area contributed by atoms with Crippen molar-refractivity contribution in [1.82, 2.24) is 9.97 Å². The highest BCUT2D eigenvalue weighted by molar-refractivity contribution is 14.1. The van der Waals surface area contributed by atoms with Gasteiger partial charge in [-0.15, -0.1) is 0 Å². The second kappa shape index (κ2) is 4.57. The van der Waals surface area contributed by atoms with Crippen molar-refractivity contribution < 1.29 is 4.42 Å². The molecule has 5 heteroatoms. The Kier molecular flexibility index (Phi) is 3.45. The standard InChI is InChI=1S/C12H12ClIN2O/c1-12(2,3)9-8(14)10(13)16-11(15-9)7-5-4-6-17-7/h4-6H,1-3H3. The van der Waals surface area contributed by atoms with E-state index < -0.39 is 0 Å². The highest BCUT2D eigenvalue weighted by atomic mass is 127. The molecule has 90 valence electrons. The Morgan fingerprint density at radius 3 is 2.53 bits per heavy atom. The minimum absolute atomic E-state index is 0.0789. The van der Waals surface area contributed by atoms with Gasteiger partial charge in [0.25, 0.3) is 0 Å². The third-order valence-electron chi connectivity index (χ3n) is 2.26. The minimum atomic E-state index is -0.0789. The quantitative estimate of drug-likeness (QED) is 0.561. The molecule has 0 bridgehead atoms. The Labute approximate surface area is 119 Å². The molecule has 2 aromatic heterocycles. The summed E-state index contributed by atoms with van der Waals surface area (Å²) >= 11 is 8.32. The fourth-order valence-electron chi connectivity index (χ4n) is 1.43. The number of halogens is 2. The zero-order valence-corrected chi connectivity index (χ0v) is 12.7. The molecule has 0 aromatic carbocycles. The highest BCUT2D eigenvalue weighted by Gasteiger charge is 2.23. The summed E-state index contributed by atoms with van der Waals surface area (Å²) in [6.45, 7) is 6.29. The van der Waals surface area contributed by atoms with Crippen molar-refractivity contribution >= 4 is 34.2 Å². The number of nitrogens with zero attached hydrogens (tertiary/aromatic N) is 2. The van der Waals surface area contributed by atoms with Crippen molar-refractivity contribution in [3.63, 3.8) is 0 Å². The van der Waals surface area contributed by atoms with Crippen LogP contribution in [0.25, 0.3) is 11.6 Å². The van der Waals surface area contributed by atoms with E-state index in [2.05, 4.69) is 53.3 Å². The van der Waals surface area contributed by atoms with E-state index in [1.807, 2.05) is 6.07 Å². The molecule has 3 nitrogen and oxygen atoms in total. The van der Waals surface area contributed by atoms with Crippen molar-refractivity contribution in [3.8, 4) is 11.6 Å². The van der Waals surface area contributed by atoms with Gasteiger partial charge in [0.2, 0.25) is 0 Å². The molecule has 17 heavy (non-hydrogen) atoms. The topological polar surface area (TPSA) is 38.9 Å². The number of rotatable bonds is 1. The molecule has 2 rings (SSSR count).